The number of aromatic nitrogens is 1. The van der Waals surface area contributed by atoms with Gasteiger partial charge in [0.1, 0.15) is 16.4 Å². The molecule has 2 aromatic rings. The van der Waals surface area contributed by atoms with Crippen LogP contribution >= 0.6 is 11.3 Å². The Hall–Kier alpha value is -1.57. The van der Waals surface area contributed by atoms with Crippen molar-refractivity contribution in [2.45, 2.75) is 52.1 Å². The van der Waals surface area contributed by atoms with Crippen LogP contribution in [0.3, 0.4) is 0 Å². The molecule has 4 nitrogen and oxygen atoms in total. The summed E-state index contributed by atoms with van der Waals surface area (Å²) in [6.45, 7) is 9.67. The van der Waals surface area contributed by atoms with Crippen molar-refractivity contribution in [1.82, 2.24) is 9.88 Å². The molecule has 1 fully saturated rings. The van der Waals surface area contributed by atoms with Crippen LogP contribution in [0.15, 0.2) is 18.2 Å². The minimum absolute atomic E-state index is 0.305. The zero-order chi connectivity index (χ0) is 21.0. The molecule has 2 heterocycles. The van der Waals surface area contributed by atoms with Gasteiger partial charge >= 0.3 is 0 Å². The molecule has 0 aliphatic carbocycles. The Balaban J connectivity index is 1.60. The van der Waals surface area contributed by atoms with E-state index in [1.54, 1.807) is 0 Å². The van der Waals surface area contributed by atoms with E-state index < -0.39 is 17.2 Å². The lowest BCUT2D eigenvalue weighted by Crippen LogP contribution is -2.31. The number of hydrogen-bond acceptors (Lipinski definition) is 5. The first-order valence-corrected chi connectivity index (χ1v) is 11.1. The maximum Gasteiger partial charge on any atom is 0.162 e. The summed E-state index contributed by atoms with van der Waals surface area (Å²) in [6.07, 6.45) is 2.98. The van der Waals surface area contributed by atoms with Crippen LogP contribution < -0.4 is 4.74 Å². The van der Waals surface area contributed by atoms with E-state index in [0.717, 1.165) is 60.2 Å². The number of aryl methyl sites for hydroxylation is 1. The van der Waals surface area contributed by atoms with Crippen molar-refractivity contribution < 1.29 is 18.6 Å². The molecule has 1 aliphatic heterocycles. The zero-order valence-corrected chi connectivity index (χ0v) is 18.2. The maximum atomic E-state index is 13.3. The highest BCUT2D eigenvalue weighted by atomic mass is 32.1. The van der Waals surface area contributed by atoms with Crippen molar-refractivity contribution in [2.75, 3.05) is 26.2 Å². The molecule has 0 unspecified atom stereocenters. The lowest BCUT2D eigenvalue weighted by atomic mass is 9.96. The lowest BCUT2D eigenvalue weighted by Gasteiger charge is -2.25. The largest absolute Gasteiger partial charge is 0.493 e. The first-order chi connectivity index (χ1) is 13.8. The lowest BCUT2D eigenvalue weighted by molar-refractivity contribution is 0.0206. The Kier molecular flexibility index (Phi) is 7.24. The zero-order valence-electron chi connectivity index (χ0n) is 17.4. The summed E-state index contributed by atoms with van der Waals surface area (Å²) in [5.41, 5.74) is 0.0240. The van der Waals surface area contributed by atoms with Gasteiger partial charge in [-0.05, 0) is 50.8 Å². The summed E-state index contributed by atoms with van der Waals surface area (Å²) in [7, 11) is 0. The van der Waals surface area contributed by atoms with E-state index in [1.165, 1.54) is 17.4 Å². The molecule has 1 aromatic carbocycles. The fourth-order valence-corrected chi connectivity index (χ4v) is 4.96. The van der Waals surface area contributed by atoms with E-state index in [0.29, 0.717) is 31.1 Å². The first kappa shape index (κ1) is 22.1. The second-order valence-electron chi connectivity index (χ2n) is 8.28. The molecular formula is C22H30F2N2O2S. The third kappa shape index (κ3) is 5.74. The van der Waals surface area contributed by atoms with Crippen molar-refractivity contribution in [2.24, 2.45) is 5.92 Å². The summed E-state index contributed by atoms with van der Waals surface area (Å²) in [5, 5.41) is 12.1. The van der Waals surface area contributed by atoms with Gasteiger partial charge in [-0.15, -0.1) is 11.3 Å². The van der Waals surface area contributed by atoms with Crippen LogP contribution in [0.4, 0.5) is 8.78 Å². The van der Waals surface area contributed by atoms with Crippen LogP contribution in [-0.4, -0.2) is 41.2 Å². The number of likely N-dealkylation sites (tertiary alicyclic amines) is 1. The standard InChI is InChI=1S/C22H30F2N2O2S/c1-15(2)14-26-10-4-8-22(27,9-11-26)21-25-16(3)20(29-21)7-12-28-17-5-6-18(23)19(24)13-17/h5-6,13,15,27H,4,7-12,14H2,1-3H3/t22-/m0/s1. The molecule has 160 valence electrons. The van der Waals surface area contributed by atoms with Crippen LogP contribution in [0, 0.1) is 24.5 Å². The quantitative estimate of drug-likeness (QED) is 0.701. The molecule has 0 spiro atoms. The average Bonchev–Trinajstić information content (AvgIpc) is 2.93. The van der Waals surface area contributed by atoms with Gasteiger partial charge in [0.15, 0.2) is 11.6 Å². The van der Waals surface area contributed by atoms with Gasteiger partial charge in [0.25, 0.3) is 0 Å². The number of thiazole rings is 1. The fourth-order valence-electron chi connectivity index (χ4n) is 3.78. The number of ether oxygens (including phenoxy) is 1. The summed E-state index contributed by atoms with van der Waals surface area (Å²) in [4.78, 5) is 8.16. The third-order valence-corrected chi connectivity index (χ3v) is 6.72. The molecule has 7 heteroatoms. The first-order valence-electron chi connectivity index (χ1n) is 10.3. The Morgan fingerprint density at radius 1 is 1.24 bits per heavy atom. The number of aliphatic hydroxyl groups is 1. The molecule has 3 rings (SSSR count). The van der Waals surface area contributed by atoms with Crippen molar-refractivity contribution in [3.8, 4) is 5.75 Å². The van der Waals surface area contributed by atoms with Crippen LogP contribution in [0.5, 0.6) is 5.75 Å². The van der Waals surface area contributed by atoms with Crippen LogP contribution in [0.25, 0.3) is 0 Å². The Morgan fingerprint density at radius 2 is 2.03 bits per heavy atom. The highest BCUT2D eigenvalue weighted by molar-refractivity contribution is 7.11. The molecule has 0 bridgehead atoms. The average molecular weight is 425 g/mol. The molecule has 1 aliphatic rings. The molecule has 0 saturated carbocycles. The third-order valence-electron chi connectivity index (χ3n) is 5.31. The van der Waals surface area contributed by atoms with Gasteiger partial charge in [-0.3, -0.25) is 0 Å². The molecule has 0 radical (unpaired) electrons. The Bertz CT molecular complexity index is 827. The second kappa shape index (κ2) is 9.49. The number of halogens is 2. The summed E-state index contributed by atoms with van der Waals surface area (Å²) < 4.78 is 31.8. The van der Waals surface area contributed by atoms with Crippen molar-refractivity contribution in [3.05, 3.63) is 45.4 Å². The van der Waals surface area contributed by atoms with Crippen LogP contribution in [0.1, 0.15) is 48.7 Å². The van der Waals surface area contributed by atoms with Gasteiger partial charge in [-0.1, -0.05) is 13.8 Å². The van der Waals surface area contributed by atoms with Crippen LogP contribution in [-0.2, 0) is 12.0 Å². The van der Waals surface area contributed by atoms with Gasteiger partial charge in [0, 0.05) is 30.5 Å². The predicted molar refractivity (Wildman–Crippen MR) is 111 cm³/mol. The van der Waals surface area contributed by atoms with E-state index in [-0.39, 0.29) is 0 Å². The molecule has 1 saturated heterocycles. The van der Waals surface area contributed by atoms with Crippen molar-refractivity contribution >= 4 is 11.3 Å². The molecule has 1 N–H and O–H groups in total. The topological polar surface area (TPSA) is 45.6 Å². The van der Waals surface area contributed by atoms with E-state index in [2.05, 4.69) is 23.7 Å². The minimum Gasteiger partial charge on any atom is -0.493 e. The highest BCUT2D eigenvalue weighted by Crippen LogP contribution is 2.36. The van der Waals surface area contributed by atoms with Crippen molar-refractivity contribution in [1.29, 1.82) is 0 Å². The van der Waals surface area contributed by atoms with E-state index in [9.17, 15) is 13.9 Å². The summed E-state index contributed by atoms with van der Waals surface area (Å²) in [6, 6.07) is 3.53. The molecule has 1 aromatic heterocycles. The summed E-state index contributed by atoms with van der Waals surface area (Å²) >= 11 is 1.54. The highest BCUT2D eigenvalue weighted by Gasteiger charge is 2.35. The van der Waals surface area contributed by atoms with E-state index in [4.69, 9.17) is 4.74 Å². The van der Waals surface area contributed by atoms with Crippen LogP contribution in [0.2, 0.25) is 0 Å². The smallest absolute Gasteiger partial charge is 0.162 e. The fraction of sp³-hybridized carbons (Fsp3) is 0.591. The Morgan fingerprint density at radius 3 is 2.76 bits per heavy atom. The molecule has 1 atom stereocenters. The monoisotopic (exact) mass is 424 g/mol. The molecule has 0 amide bonds. The number of rotatable bonds is 7. The SMILES string of the molecule is Cc1nc([C@]2(O)CCCN(CC(C)C)CC2)sc1CCOc1ccc(F)c(F)c1. The predicted octanol–water partition coefficient (Wildman–Crippen LogP) is 4.68. The van der Waals surface area contributed by atoms with Gasteiger partial charge < -0.3 is 14.7 Å². The van der Waals surface area contributed by atoms with Gasteiger partial charge in [-0.2, -0.15) is 0 Å². The second-order valence-corrected chi connectivity index (χ2v) is 9.37. The van der Waals surface area contributed by atoms with E-state index >= 15 is 0 Å². The number of nitrogens with zero attached hydrogens (tertiary/aromatic N) is 2. The van der Waals surface area contributed by atoms with E-state index in [1.807, 2.05) is 6.92 Å². The van der Waals surface area contributed by atoms with Gasteiger partial charge in [0.05, 0.1) is 12.3 Å². The number of hydrogen-bond donors (Lipinski definition) is 1. The number of benzene rings is 1. The van der Waals surface area contributed by atoms with Crippen molar-refractivity contribution in [3.63, 3.8) is 0 Å². The maximum absolute atomic E-state index is 13.3. The summed E-state index contributed by atoms with van der Waals surface area (Å²) in [5.74, 6) is -0.881. The van der Waals surface area contributed by atoms with Gasteiger partial charge in [0.2, 0.25) is 0 Å². The molecule has 29 heavy (non-hydrogen) atoms. The minimum atomic E-state index is -0.916. The Labute approximate surface area is 175 Å². The molecular weight excluding hydrogens is 394 g/mol. The normalized spacial score (nSPS) is 20.8. The van der Waals surface area contributed by atoms with Gasteiger partial charge in [-0.25, -0.2) is 13.8 Å².